The van der Waals surface area contributed by atoms with Crippen molar-refractivity contribution in [2.75, 3.05) is 11.9 Å². The van der Waals surface area contributed by atoms with Crippen LogP contribution in [0.2, 0.25) is 0 Å². The number of ether oxygens (including phenoxy) is 1. The maximum atomic E-state index is 11.4. The van der Waals surface area contributed by atoms with Crippen LogP contribution < -0.4 is 15.8 Å². The van der Waals surface area contributed by atoms with Crippen LogP contribution in [0.25, 0.3) is 0 Å². The van der Waals surface area contributed by atoms with Gasteiger partial charge in [0.2, 0.25) is 0 Å². The number of carboxylic acids is 1. The summed E-state index contributed by atoms with van der Waals surface area (Å²) < 4.78 is 5.19. The highest BCUT2D eigenvalue weighted by atomic mass is 16.5. The Morgan fingerprint density at radius 1 is 1.40 bits per heavy atom. The van der Waals surface area contributed by atoms with Crippen molar-refractivity contribution in [2.24, 2.45) is 5.73 Å². The number of benzene rings is 1. The highest BCUT2D eigenvalue weighted by Crippen LogP contribution is 2.26. The molecule has 0 aliphatic heterocycles. The number of nitrogens with one attached hydrogen (secondary N) is 1. The zero-order valence-corrected chi connectivity index (χ0v) is 10.6. The molecule has 0 aromatic heterocycles. The molecule has 0 saturated heterocycles. The molecular formula is C12H14N2O6. The molecule has 1 aromatic rings. The van der Waals surface area contributed by atoms with Crippen LogP contribution in [0.1, 0.15) is 17.3 Å². The van der Waals surface area contributed by atoms with Crippen molar-refractivity contribution < 1.29 is 29.3 Å². The lowest BCUT2D eigenvalue weighted by Gasteiger charge is -2.14. The van der Waals surface area contributed by atoms with Crippen molar-refractivity contribution >= 4 is 23.5 Å². The smallest absolute Gasteiger partial charge is 0.394 e. The maximum absolute atomic E-state index is 11.4. The Labute approximate surface area is 114 Å². The van der Waals surface area contributed by atoms with Crippen molar-refractivity contribution in [3.05, 3.63) is 23.8 Å². The number of nitrogens with two attached hydrogens (primary N) is 1. The van der Waals surface area contributed by atoms with Gasteiger partial charge in [0.05, 0.1) is 11.8 Å². The molecule has 0 bridgehead atoms. The van der Waals surface area contributed by atoms with Gasteiger partial charge in [-0.1, -0.05) is 6.07 Å². The number of aliphatic hydroxyl groups excluding tert-OH is 1. The van der Waals surface area contributed by atoms with Crippen molar-refractivity contribution in [1.29, 1.82) is 0 Å². The first-order valence-corrected chi connectivity index (χ1v) is 5.61. The standard InChI is InChI=1S/C12H14N2O6/c1-6(15)5-20-8-4-2-3-7(9(8)10(13)16)14-11(17)12(18)19/h2-4,6,15H,5H2,1H3,(H2,13,16)(H,14,17)(H,18,19). The van der Waals surface area contributed by atoms with Crippen LogP contribution in [0.3, 0.4) is 0 Å². The number of amides is 2. The maximum Gasteiger partial charge on any atom is 0.394 e. The van der Waals surface area contributed by atoms with Gasteiger partial charge in [0, 0.05) is 0 Å². The monoisotopic (exact) mass is 282 g/mol. The number of rotatable bonds is 5. The zero-order valence-electron chi connectivity index (χ0n) is 10.6. The molecule has 2 amide bonds. The van der Waals surface area contributed by atoms with E-state index in [1.54, 1.807) is 0 Å². The molecule has 1 aromatic carbocycles. The average Bonchev–Trinajstić information content (AvgIpc) is 2.35. The SMILES string of the molecule is CC(O)COc1cccc(NC(=O)C(=O)O)c1C(N)=O. The molecule has 0 heterocycles. The van der Waals surface area contributed by atoms with E-state index < -0.39 is 23.9 Å². The minimum absolute atomic E-state index is 0.0431. The summed E-state index contributed by atoms with van der Waals surface area (Å²) in [7, 11) is 0. The van der Waals surface area contributed by atoms with Crippen molar-refractivity contribution in [2.45, 2.75) is 13.0 Å². The molecule has 20 heavy (non-hydrogen) atoms. The van der Waals surface area contributed by atoms with Crippen LogP contribution >= 0.6 is 0 Å². The Morgan fingerprint density at radius 3 is 2.55 bits per heavy atom. The predicted octanol–water partition coefficient (Wildman–Crippen LogP) is -0.432. The number of primary amides is 1. The van der Waals surface area contributed by atoms with Gasteiger partial charge in [0.1, 0.15) is 17.9 Å². The van der Waals surface area contributed by atoms with Gasteiger partial charge in [0.25, 0.3) is 5.91 Å². The van der Waals surface area contributed by atoms with Gasteiger partial charge >= 0.3 is 11.9 Å². The van der Waals surface area contributed by atoms with E-state index in [4.69, 9.17) is 20.7 Å². The average molecular weight is 282 g/mol. The molecule has 8 nitrogen and oxygen atoms in total. The zero-order chi connectivity index (χ0) is 15.3. The summed E-state index contributed by atoms with van der Waals surface area (Å²) in [6.45, 7) is 1.40. The first-order chi connectivity index (χ1) is 9.32. The Bertz CT molecular complexity index is 541. The second-order valence-electron chi connectivity index (χ2n) is 3.96. The molecule has 1 unspecified atom stereocenters. The first kappa shape index (κ1) is 15.4. The quantitative estimate of drug-likeness (QED) is 0.540. The summed E-state index contributed by atoms with van der Waals surface area (Å²) in [5.74, 6) is -3.86. The van der Waals surface area contributed by atoms with E-state index >= 15 is 0 Å². The van der Waals surface area contributed by atoms with E-state index in [-0.39, 0.29) is 23.6 Å². The highest BCUT2D eigenvalue weighted by Gasteiger charge is 2.19. The van der Waals surface area contributed by atoms with Crippen LogP contribution in [0.15, 0.2) is 18.2 Å². The molecule has 0 spiro atoms. The number of hydrogen-bond acceptors (Lipinski definition) is 5. The summed E-state index contributed by atoms with van der Waals surface area (Å²) in [4.78, 5) is 33.0. The minimum Gasteiger partial charge on any atom is -0.490 e. The van der Waals surface area contributed by atoms with Gasteiger partial charge in [-0.3, -0.25) is 9.59 Å². The molecule has 0 aliphatic rings. The number of carboxylic acid groups (broad SMARTS) is 1. The third-order valence-corrected chi connectivity index (χ3v) is 2.20. The van der Waals surface area contributed by atoms with Crippen molar-refractivity contribution in [3.8, 4) is 5.75 Å². The summed E-state index contributed by atoms with van der Waals surface area (Å²) in [6.07, 6.45) is -0.770. The molecule has 0 radical (unpaired) electrons. The summed E-state index contributed by atoms with van der Waals surface area (Å²) in [5.41, 5.74) is 4.95. The molecule has 0 fully saturated rings. The molecule has 1 rings (SSSR count). The van der Waals surface area contributed by atoms with Gasteiger partial charge in [-0.15, -0.1) is 0 Å². The third-order valence-electron chi connectivity index (χ3n) is 2.20. The van der Waals surface area contributed by atoms with Crippen molar-refractivity contribution in [1.82, 2.24) is 0 Å². The Hall–Kier alpha value is -2.61. The summed E-state index contributed by atoms with van der Waals surface area (Å²) >= 11 is 0. The fourth-order valence-electron chi connectivity index (χ4n) is 1.40. The van der Waals surface area contributed by atoms with E-state index in [2.05, 4.69) is 0 Å². The van der Waals surface area contributed by atoms with Gasteiger partial charge in [-0.2, -0.15) is 0 Å². The first-order valence-electron chi connectivity index (χ1n) is 5.61. The Morgan fingerprint density at radius 2 is 2.05 bits per heavy atom. The van der Waals surface area contributed by atoms with Crippen LogP contribution in [0.5, 0.6) is 5.75 Å². The van der Waals surface area contributed by atoms with Crippen LogP contribution in [0.4, 0.5) is 5.69 Å². The second kappa shape index (κ2) is 6.53. The van der Waals surface area contributed by atoms with Crippen LogP contribution in [0, 0.1) is 0 Å². The Balaban J connectivity index is 3.11. The second-order valence-corrected chi connectivity index (χ2v) is 3.96. The molecule has 1 atom stereocenters. The third kappa shape index (κ3) is 3.95. The number of anilines is 1. The summed E-state index contributed by atoms with van der Waals surface area (Å²) in [5, 5.41) is 19.7. The van der Waals surface area contributed by atoms with E-state index in [1.165, 1.54) is 25.1 Å². The fourth-order valence-corrected chi connectivity index (χ4v) is 1.40. The predicted molar refractivity (Wildman–Crippen MR) is 68.4 cm³/mol. The number of aliphatic carboxylic acids is 1. The summed E-state index contributed by atoms with van der Waals surface area (Å²) in [6, 6.07) is 4.18. The molecular weight excluding hydrogens is 268 g/mol. The number of carbonyl (C=O) groups is 3. The number of hydrogen-bond donors (Lipinski definition) is 4. The molecule has 0 aliphatic carbocycles. The van der Waals surface area contributed by atoms with Gasteiger partial charge < -0.3 is 26.0 Å². The van der Waals surface area contributed by atoms with Gasteiger partial charge in [-0.05, 0) is 19.1 Å². The largest absolute Gasteiger partial charge is 0.490 e. The normalized spacial score (nSPS) is 11.5. The van der Waals surface area contributed by atoms with E-state index in [9.17, 15) is 14.4 Å². The topological polar surface area (TPSA) is 139 Å². The number of carbonyl (C=O) groups excluding carboxylic acids is 2. The highest BCUT2D eigenvalue weighted by molar-refractivity contribution is 6.36. The lowest BCUT2D eigenvalue weighted by Crippen LogP contribution is -2.25. The molecule has 0 saturated carbocycles. The Kier molecular flexibility index (Phi) is 5.04. The number of aliphatic hydroxyl groups is 1. The van der Waals surface area contributed by atoms with E-state index in [1.807, 2.05) is 5.32 Å². The van der Waals surface area contributed by atoms with Gasteiger partial charge in [0.15, 0.2) is 0 Å². The van der Waals surface area contributed by atoms with Crippen LogP contribution in [-0.2, 0) is 9.59 Å². The molecule has 108 valence electrons. The van der Waals surface area contributed by atoms with E-state index in [0.29, 0.717) is 0 Å². The minimum atomic E-state index is -1.70. The van der Waals surface area contributed by atoms with E-state index in [0.717, 1.165) is 0 Å². The molecule has 8 heteroatoms. The fraction of sp³-hybridized carbons (Fsp3) is 0.250. The molecule has 5 N–H and O–H groups in total. The van der Waals surface area contributed by atoms with Crippen molar-refractivity contribution in [3.63, 3.8) is 0 Å². The lowest BCUT2D eigenvalue weighted by atomic mass is 10.1. The lowest BCUT2D eigenvalue weighted by molar-refractivity contribution is -0.147. The van der Waals surface area contributed by atoms with Crippen LogP contribution in [-0.4, -0.2) is 40.7 Å². The van der Waals surface area contributed by atoms with Gasteiger partial charge in [-0.25, -0.2) is 4.79 Å².